The average molecular weight is 268 g/mol. The minimum absolute atomic E-state index is 0.477. The predicted molar refractivity (Wildman–Crippen MR) is 71.8 cm³/mol. The Kier molecular flexibility index (Phi) is 2.10. The van der Waals surface area contributed by atoms with Crippen LogP contribution in [0, 0.1) is 0 Å². The van der Waals surface area contributed by atoms with E-state index in [-0.39, 0.29) is 0 Å². The van der Waals surface area contributed by atoms with Crippen LogP contribution in [0.15, 0.2) is 40.1 Å². The zero-order valence-electron chi connectivity index (χ0n) is 10.0. The van der Waals surface area contributed by atoms with Crippen molar-refractivity contribution >= 4 is 33.8 Å². The van der Waals surface area contributed by atoms with Gasteiger partial charge in [0, 0.05) is 11.8 Å². The number of hydrogen-bond acceptors (Lipinski definition) is 6. The minimum atomic E-state index is -0.477. The summed E-state index contributed by atoms with van der Waals surface area (Å²) in [6.45, 7) is 0. The van der Waals surface area contributed by atoms with E-state index in [0.717, 1.165) is 5.69 Å². The topological polar surface area (TPSA) is 112 Å². The van der Waals surface area contributed by atoms with Gasteiger partial charge in [-0.25, -0.2) is 19.7 Å². The molecule has 20 heavy (non-hydrogen) atoms. The van der Waals surface area contributed by atoms with Crippen molar-refractivity contribution in [3.05, 3.63) is 41.4 Å². The highest BCUT2D eigenvalue weighted by molar-refractivity contribution is 5.86. The van der Waals surface area contributed by atoms with E-state index in [1.165, 1.54) is 6.33 Å². The van der Waals surface area contributed by atoms with E-state index in [2.05, 4.69) is 30.2 Å². The third-order valence-electron chi connectivity index (χ3n) is 2.91. The molecule has 1 aromatic carbocycles. The molecule has 3 heterocycles. The van der Waals surface area contributed by atoms with Crippen LogP contribution in [-0.4, -0.2) is 24.9 Å². The molecule has 0 aliphatic heterocycles. The number of oxazole rings is 1. The maximum absolute atomic E-state index is 11.1. The summed E-state index contributed by atoms with van der Waals surface area (Å²) in [5, 5.41) is 3.14. The standard InChI is InChI=1S/C12H8N6O2/c19-12-18-7-2-1-6(3-8(7)20-12)17-11-9-10(14-4-13-9)15-5-16-11/h1-5H,(H,18,19)(H2,13,14,15,16,17). The Bertz CT molecular complexity index is 967. The summed E-state index contributed by atoms with van der Waals surface area (Å²) in [7, 11) is 0. The van der Waals surface area contributed by atoms with Crippen molar-refractivity contribution in [2.75, 3.05) is 5.32 Å². The molecule has 0 unspecified atom stereocenters. The highest BCUT2D eigenvalue weighted by atomic mass is 16.4. The number of benzene rings is 1. The molecule has 4 rings (SSSR count). The molecule has 0 aliphatic carbocycles. The number of hydrogen-bond donors (Lipinski definition) is 3. The van der Waals surface area contributed by atoms with Gasteiger partial charge in [-0.15, -0.1) is 0 Å². The summed E-state index contributed by atoms with van der Waals surface area (Å²) in [5.74, 6) is 0.125. The molecule has 4 aromatic rings. The molecule has 8 heteroatoms. The third kappa shape index (κ3) is 1.62. The van der Waals surface area contributed by atoms with Gasteiger partial charge in [0.25, 0.3) is 0 Å². The van der Waals surface area contributed by atoms with Crippen molar-refractivity contribution in [2.24, 2.45) is 0 Å². The second kappa shape index (κ2) is 3.92. The predicted octanol–water partition coefficient (Wildman–Crippen LogP) is 1.53. The van der Waals surface area contributed by atoms with Crippen LogP contribution < -0.4 is 11.1 Å². The summed E-state index contributed by atoms with van der Waals surface area (Å²) in [4.78, 5) is 28.9. The SMILES string of the molecule is O=c1[nH]c2ccc(Nc3ncnc4nc[nH]c34)cc2o1. The second-order valence-electron chi connectivity index (χ2n) is 4.17. The molecule has 3 N–H and O–H groups in total. The first-order valence-electron chi connectivity index (χ1n) is 5.83. The molecule has 0 aliphatic rings. The second-order valence-corrected chi connectivity index (χ2v) is 4.17. The Labute approximate surface area is 110 Å². The van der Waals surface area contributed by atoms with E-state index >= 15 is 0 Å². The number of aromatic amines is 2. The Morgan fingerprint density at radius 3 is 3.10 bits per heavy atom. The first-order chi connectivity index (χ1) is 9.79. The van der Waals surface area contributed by atoms with E-state index in [9.17, 15) is 4.79 Å². The smallest absolute Gasteiger partial charge is 0.408 e. The molecule has 8 nitrogen and oxygen atoms in total. The molecular weight excluding hydrogens is 260 g/mol. The van der Waals surface area contributed by atoms with E-state index in [4.69, 9.17) is 4.42 Å². The average Bonchev–Trinajstić information content (AvgIpc) is 3.03. The van der Waals surface area contributed by atoms with Gasteiger partial charge in [-0.3, -0.25) is 4.98 Å². The number of nitrogens with zero attached hydrogens (tertiary/aromatic N) is 3. The van der Waals surface area contributed by atoms with Gasteiger partial charge in [-0.05, 0) is 12.1 Å². The summed E-state index contributed by atoms with van der Waals surface area (Å²) < 4.78 is 5.01. The quantitative estimate of drug-likeness (QED) is 0.508. The number of fused-ring (bicyclic) bond motifs is 2. The molecule has 3 aromatic heterocycles. The monoisotopic (exact) mass is 268 g/mol. The van der Waals surface area contributed by atoms with Crippen LogP contribution >= 0.6 is 0 Å². The lowest BCUT2D eigenvalue weighted by Gasteiger charge is -2.05. The number of imidazole rings is 1. The van der Waals surface area contributed by atoms with Crippen LogP contribution in [0.25, 0.3) is 22.3 Å². The first-order valence-corrected chi connectivity index (χ1v) is 5.83. The molecule has 0 radical (unpaired) electrons. The summed E-state index contributed by atoms with van der Waals surface area (Å²) >= 11 is 0. The van der Waals surface area contributed by atoms with Crippen LogP contribution in [0.2, 0.25) is 0 Å². The lowest BCUT2D eigenvalue weighted by molar-refractivity contribution is 0.555. The number of aromatic nitrogens is 5. The molecule has 0 saturated carbocycles. The van der Waals surface area contributed by atoms with E-state index in [0.29, 0.717) is 28.1 Å². The summed E-state index contributed by atoms with van der Waals surface area (Å²) in [6.07, 6.45) is 2.99. The number of nitrogens with one attached hydrogen (secondary N) is 3. The fraction of sp³-hybridized carbons (Fsp3) is 0. The normalized spacial score (nSPS) is 11.2. The molecule has 0 atom stereocenters. The van der Waals surface area contributed by atoms with Crippen LogP contribution in [0.3, 0.4) is 0 Å². The largest absolute Gasteiger partial charge is 0.417 e. The van der Waals surface area contributed by atoms with Gasteiger partial charge in [0.1, 0.15) is 11.8 Å². The Morgan fingerprint density at radius 2 is 2.15 bits per heavy atom. The van der Waals surface area contributed by atoms with Crippen molar-refractivity contribution in [3.63, 3.8) is 0 Å². The van der Waals surface area contributed by atoms with Gasteiger partial charge < -0.3 is 14.7 Å². The van der Waals surface area contributed by atoms with Crippen LogP contribution in [0.4, 0.5) is 11.5 Å². The molecule has 0 amide bonds. The minimum Gasteiger partial charge on any atom is -0.408 e. The number of anilines is 2. The van der Waals surface area contributed by atoms with E-state index in [1.54, 1.807) is 18.5 Å². The van der Waals surface area contributed by atoms with Gasteiger partial charge in [-0.2, -0.15) is 0 Å². The molecule has 98 valence electrons. The first kappa shape index (κ1) is 10.7. The van der Waals surface area contributed by atoms with Gasteiger partial charge in [0.2, 0.25) is 0 Å². The van der Waals surface area contributed by atoms with Crippen molar-refractivity contribution < 1.29 is 4.42 Å². The van der Waals surface area contributed by atoms with Crippen molar-refractivity contribution in [1.29, 1.82) is 0 Å². The number of rotatable bonds is 2. The van der Waals surface area contributed by atoms with Gasteiger partial charge in [-0.1, -0.05) is 0 Å². The Balaban J connectivity index is 1.80. The molecule has 0 saturated heterocycles. The highest BCUT2D eigenvalue weighted by Crippen LogP contribution is 2.22. The maximum Gasteiger partial charge on any atom is 0.417 e. The fourth-order valence-corrected chi connectivity index (χ4v) is 2.02. The lowest BCUT2D eigenvalue weighted by Crippen LogP contribution is -1.95. The number of H-pyrrole nitrogens is 2. The van der Waals surface area contributed by atoms with E-state index < -0.39 is 5.76 Å². The Morgan fingerprint density at radius 1 is 1.20 bits per heavy atom. The zero-order chi connectivity index (χ0) is 13.5. The Hall–Kier alpha value is -3.16. The maximum atomic E-state index is 11.1. The molecule has 0 bridgehead atoms. The summed E-state index contributed by atoms with van der Waals surface area (Å²) in [6, 6.07) is 5.30. The van der Waals surface area contributed by atoms with Crippen LogP contribution in [0.1, 0.15) is 0 Å². The molecular formula is C12H8N6O2. The van der Waals surface area contributed by atoms with Crippen LogP contribution in [0.5, 0.6) is 0 Å². The third-order valence-corrected chi connectivity index (χ3v) is 2.91. The van der Waals surface area contributed by atoms with Crippen molar-refractivity contribution in [2.45, 2.75) is 0 Å². The van der Waals surface area contributed by atoms with Gasteiger partial charge in [0.05, 0.1) is 11.8 Å². The van der Waals surface area contributed by atoms with E-state index in [1.807, 2.05) is 6.07 Å². The van der Waals surface area contributed by atoms with Crippen molar-refractivity contribution in [3.8, 4) is 0 Å². The molecule has 0 fully saturated rings. The highest BCUT2D eigenvalue weighted by Gasteiger charge is 2.07. The van der Waals surface area contributed by atoms with Gasteiger partial charge >= 0.3 is 5.76 Å². The lowest BCUT2D eigenvalue weighted by atomic mass is 10.3. The van der Waals surface area contributed by atoms with Crippen molar-refractivity contribution in [1.82, 2.24) is 24.9 Å². The van der Waals surface area contributed by atoms with Gasteiger partial charge in [0.15, 0.2) is 17.0 Å². The summed E-state index contributed by atoms with van der Waals surface area (Å²) in [5.41, 5.74) is 3.17. The zero-order valence-corrected chi connectivity index (χ0v) is 10.0. The van der Waals surface area contributed by atoms with Crippen LogP contribution in [-0.2, 0) is 0 Å². The fourth-order valence-electron chi connectivity index (χ4n) is 2.02. The molecule has 0 spiro atoms.